The lowest BCUT2D eigenvalue weighted by atomic mass is 10.4. The van der Waals surface area contributed by atoms with E-state index in [0.717, 1.165) is 0 Å². The third-order valence-electron chi connectivity index (χ3n) is 1.99. The van der Waals surface area contributed by atoms with Gasteiger partial charge in [0.1, 0.15) is 0 Å². The maximum Gasteiger partial charge on any atom is 0.197 e. The largest absolute Gasteiger partial charge is 0.322 e. The molecule has 0 saturated carbocycles. The van der Waals surface area contributed by atoms with Crippen LogP contribution in [0.5, 0.6) is 0 Å². The summed E-state index contributed by atoms with van der Waals surface area (Å²) in [5.41, 5.74) is 10.6. The molecule has 0 unspecified atom stereocenters. The van der Waals surface area contributed by atoms with Gasteiger partial charge in [-0.15, -0.1) is 23.5 Å². The number of hydrogen-bond acceptors (Lipinski definition) is 6. The van der Waals surface area contributed by atoms with E-state index in [1.165, 1.54) is 9.79 Å². The summed E-state index contributed by atoms with van der Waals surface area (Å²) in [4.78, 5) is 2.47. The van der Waals surface area contributed by atoms with E-state index < -0.39 is 0 Å². The number of thioether (sulfide) groups is 2. The van der Waals surface area contributed by atoms with E-state index in [4.69, 9.17) is 15.7 Å². The zero-order valence-corrected chi connectivity index (χ0v) is 13.4. The SMILES string of the molecule is NCSc1ccccc1.NCSc1ccccc1.O=S. The molecule has 0 atom stereocenters. The van der Waals surface area contributed by atoms with Crippen LogP contribution in [-0.2, 0) is 12.5 Å². The summed E-state index contributed by atoms with van der Waals surface area (Å²) in [6.45, 7) is 0. The summed E-state index contributed by atoms with van der Waals surface area (Å²) in [5.74, 6) is 1.31. The fraction of sp³-hybridized carbons (Fsp3) is 0.143. The number of benzene rings is 2. The molecule has 0 amide bonds. The molecule has 0 aliphatic carbocycles. The lowest BCUT2D eigenvalue weighted by Gasteiger charge is -1.93. The third kappa shape index (κ3) is 9.94. The van der Waals surface area contributed by atoms with Gasteiger partial charge in [-0.05, 0) is 24.3 Å². The Morgan fingerprint density at radius 2 is 1.00 bits per heavy atom. The van der Waals surface area contributed by atoms with E-state index in [1.54, 1.807) is 23.5 Å². The highest BCUT2D eigenvalue weighted by molar-refractivity contribution is 7.99. The van der Waals surface area contributed by atoms with E-state index in [0.29, 0.717) is 11.8 Å². The maximum absolute atomic E-state index is 7.83. The van der Waals surface area contributed by atoms with Gasteiger partial charge in [0.05, 0.1) is 0 Å². The smallest absolute Gasteiger partial charge is 0.197 e. The second kappa shape index (κ2) is 14.5. The van der Waals surface area contributed by atoms with Gasteiger partial charge in [-0.25, -0.2) is 0 Å². The summed E-state index contributed by atoms with van der Waals surface area (Å²) >= 11 is 6.14. The summed E-state index contributed by atoms with van der Waals surface area (Å²) < 4.78 is 7.83. The molecule has 3 nitrogen and oxygen atoms in total. The minimum Gasteiger partial charge on any atom is -0.322 e. The fourth-order valence-electron chi connectivity index (χ4n) is 1.23. The van der Waals surface area contributed by atoms with E-state index in [9.17, 15) is 0 Å². The van der Waals surface area contributed by atoms with Crippen LogP contribution in [0.3, 0.4) is 0 Å². The molecule has 0 heterocycles. The Labute approximate surface area is 134 Å². The van der Waals surface area contributed by atoms with Crippen molar-refractivity contribution >= 4 is 36.1 Å². The molecule has 2 aromatic rings. The van der Waals surface area contributed by atoms with Crippen molar-refractivity contribution in [2.45, 2.75) is 9.79 Å². The monoisotopic (exact) mass is 326 g/mol. The highest BCUT2D eigenvalue weighted by atomic mass is 32.2. The van der Waals surface area contributed by atoms with Crippen LogP contribution >= 0.6 is 23.5 Å². The molecule has 2 rings (SSSR count). The van der Waals surface area contributed by atoms with E-state index in [-0.39, 0.29) is 0 Å². The van der Waals surface area contributed by atoms with Crippen molar-refractivity contribution < 1.29 is 4.21 Å². The van der Waals surface area contributed by atoms with Crippen molar-refractivity contribution in [2.75, 3.05) is 11.8 Å². The predicted molar refractivity (Wildman–Crippen MR) is 90.8 cm³/mol. The average molecular weight is 327 g/mol. The highest BCUT2D eigenvalue weighted by Crippen LogP contribution is 2.14. The molecule has 0 fully saturated rings. The zero-order chi connectivity index (χ0) is 15.1. The Morgan fingerprint density at radius 1 is 0.700 bits per heavy atom. The summed E-state index contributed by atoms with van der Waals surface area (Å²) in [7, 11) is 0. The predicted octanol–water partition coefficient (Wildman–Crippen LogP) is 3.05. The molecule has 0 bridgehead atoms. The molecule has 0 aliphatic rings. The normalized spacial score (nSPS) is 8.70. The fourth-order valence-corrected chi connectivity index (χ4v) is 2.31. The Hall–Kier alpha value is -0.920. The van der Waals surface area contributed by atoms with Crippen LogP contribution in [0.1, 0.15) is 0 Å². The maximum atomic E-state index is 7.83. The molecule has 0 saturated heterocycles. The van der Waals surface area contributed by atoms with Crippen molar-refractivity contribution in [3.05, 3.63) is 60.7 Å². The van der Waals surface area contributed by atoms with E-state index in [1.807, 2.05) is 36.4 Å². The molecule has 0 radical (unpaired) electrons. The Morgan fingerprint density at radius 3 is 1.25 bits per heavy atom. The third-order valence-corrected chi connectivity index (χ3v) is 3.53. The second-order valence-electron chi connectivity index (χ2n) is 3.25. The Bertz CT molecular complexity index is 387. The number of rotatable bonds is 4. The molecule has 0 aliphatic heterocycles. The van der Waals surface area contributed by atoms with Gasteiger partial charge in [-0.3, -0.25) is 0 Å². The second-order valence-corrected chi connectivity index (χ2v) is 5.43. The van der Waals surface area contributed by atoms with Crippen LogP contribution in [0.2, 0.25) is 0 Å². The molecular weight excluding hydrogens is 308 g/mol. The van der Waals surface area contributed by atoms with Crippen LogP contribution in [-0.4, -0.2) is 16.0 Å². The van der Waals surface area contributed by atoms with Crippen LogP contribution in [0.4, 0.5) is 0 Å². The summed E-state index contributed by atoms with van der Waals surface area (Å²) in [6.07, 6.45) is 0. The van der Waals surface area contributed by atoms with Gasteiger partial charge < -0.3 is 11.5 Å². The molecule has 20 heavy (non-hydrogen) atoms. The van der Waals surface area contributed by atoms with Crippen LogP contribution in [0.25, 0.3) is 0 Å². The first-order chi connectivity index (χ1) is 9.86. The van der Waals surface area contributed by atoms with E-state index in [2.05, 4.69) is 36.8 Å². The molecule has 6 heteroatoms. The van der Waals surface area contributed by atoms with Crippen molar-refractivity contribution in [2.24, 2.45) is 11.5 Å². The van der Waals surface area contributed by atoms with Gasteiger partial charge in [0, 0.05) is 21.5 Å². The molecule has 108 valence electrons. The van der Waals surface area contributed by atoms with Crippen LogP contribution < -0.4 is 11.5 Å². The molecule has 0 spiro atoms. The van der Waals surface area contributed by atoms with Crippen molar-refractivity contribution in [1.29, 1.82) is 0 Å². The van der Waals surface area contributed by atoms with Gasteiger partial charge in [-0.1, -0.05) is 36.4 Å². The van der Waals surface area contributed by atoms with Crippen molar-refractivity contribution in [3.63, 3.8) is 0 Å². The quantitative estimate of drug-likeness (QED) is 0.665. The van der Waals surface area contributed by atoms with Gasteiger partial charge in [0.2, 0.25) is 0 Å². The lowest BCUT2D eigenvalue weighted by Crippen LogP contribution is -1.90. The molecular formula is C14H18N2OS3. The van der Waals surface area contributed by atoms with Gasteiger partial charge >= 0.3 is 0 Å². The first-order valence-electron chi connectivity index (χ1n) is 5.79. The van der Waals surface area contributed by atoms with Crippen LogP contribution in [0.15, 0.2) is 70.5 Å². The number of nitrogens with two attached hydrogens (primary N) is 2. The van der Waals surface area contributed by atoms with Gasteiger partial charge in [0.15, 0.2) is 12.5 Å². The zero-order valence-electron chi connectivity index (χ0n) is 11.0. The van der Waals surface area contributed by atoms with Crippen molar-refractivity contribution in [3.8, 4) is 0 Å². The minimum absolute atomic E-state index is 0.657. The molecule has 2 aromatic carbocycles. The average Bonchev–Trinajstić information content (AvgIpc) is 2.53. The summed E-state index contributed by atoms with van der Waals surface area (Å²) in [6, 6.07) is 20.3. The lowest BCUT2D eigenvalue weighted by molar-refractivity contribution is 0.702. The Kier molecular flexibility index (Phi) is 13.8. The molecule has 4 N–H and O–H groups in total. The molecule has 0 aromatic heterocycles. The minimum atomic E-state index is 0.657. The van der Waals surface area contributed by atoms with Gasteiger partial charge in [0.25, 0.3) is 0 Å². The van der Waals surface area contributed by atoms with Crippen molar-refractivity contribution in [1.82, 2.24) is 0 Å². The summed E-state index contributed by atoms with van der Waals surface area (Å²) in [5, 5.41) is 0. The topological polar surface area (TPSA) is 69.1 Å². The van der Waals surface area contributed by atoms with Crippen LogP contribution in [0, 0.1) is 0 Å². The van der Waals surface area contributed by atoms with E-state index >= 15 is 0 Å². The number of hydrogen-bond donors (Lipinski definition) is 2. The highest BCUT2D eigenvalue weighted by Gasteiger charge is 1.85. The standard InChI is InChI=1S/2C7H9NS.OS/c2*8-6-9-7-4-2-1-3-5-7;1-2/h2*1-5H,6,8H2;. The Balaban J connectivity index is 0.000000321. The first kappa shape index (κ1) is 19.1. The van der Waals surface area contributed by atoms with Gasteiger partial charge in [-0.2, -0.15) is 4.21 Å². The first-order valence-corrected chi connectivity index (χ1v) is 8.09.